The van der Waals surface area contributed by atoms with Gasteiger partial charge in [-0.3, -0.25) is 4.79 Å². The Morgan fingerprint density at radius 1 is 1.33 bits per heavy atom. The highest BCUT2D eigenvalue weighted by atomic mass is 19.1. The SMILES string of the molecule is NC1CCCC(C(=O)Nc2cc(F)ccc2F)C1. The molecule has 2 unspecified atom stereocenters. The Morgan fingerprint density at radius 3 is 2.83 bits per heavy atom. The van der Waals surface area contributed by atoms with E-state index < -0.39 is 11.6 Å². The predicted octanol–water partition coefficient (Wildman–Crippen LogP) is 2.42. The standard InChI is InChI=1S/C13H16F2N2O/c14-9-4-5-11(15)12(7-9)17-13(18)8-2-1-3-10(16)6-8/h4-5,7-8,10H,1-3,6,16H2,(H,17,18). The van der Waals surface area contributed by atoms with Crippen molar-refractivity contribution in [3.63, 3.8) is 0 Å². The van der Waals surface area contributed by atoms with Gasteiger partial charge in [-0.05, 0) is 31.4 Å². The summed E-state index contributed by atoms with van der Waals surface area (Å²) in [5.74, 6) is -1.71. The molecule has 3 nitrogen and oxygen atoms in total. The number of hydrogen-bond acceptors (Lipinski definition) is 2. The summed E-state index contributed by atoms with van der Waals surface area (Å²) in [4.78, 5) is 11.9. The number of nitrogens with one attached hydrogen (secondary N) is 1. The highest BCUT2D eigenvalue weighted by Crippen LogP contribution is 2.25. The van der Waals surface area contributed by atoms with E-state index in [-0.39, 0.29) is 23.6 Å². The van der Waals surface area contributed by atoms with E-state index in [0.29, 0.717) is 6.42 Å². The predicted molar refractivity (Wildman–Crippen MR) is 64.9 cm³/mol. The highest BCUT2D eigenvalue weighted by molar-refractivity contribution is 5.92. The first-order valence-corrected chi connectivity index (χ1v) is 6.08. The smallest absolute Gasteiger partial charge is 0.227 e. The zero-order valence-corrected chi connectivity index (χ0v) is 9.96. The molecule has 1 aliphatic carbocycles. The summed E-state index contributed by atoms with van der Waals surface area (Å²) in [6, 6.07) is 3.02. The second-order valence-electron chi connectivity index (χ2n) is 4.74. The monoisotopic (exact) mass is 254 g/mol. The highest BCUT2D eigenvalue weighted by Gasteiger charge is 2.25. The molecule has 0 radical (unpaired) electrons. The van der Waals surface area contributed by atoms with Crippen molar-refractivity contribution in [3.8, 4) is 0 Å². The van der Waals surface area contributed by atoms with E-state index in [2.05, 4.69) is 5.32 Å². The van der Waals surface area contributed by atoms with E-state index in [4.69, 9.17) is 5.73 Å². The largest absolute Gasteiger partial charge is 0.328 e. The summed E-state index contributed by atoms with van der Waals surface area (Å²) < 4.78 is 26.3. The van der Waals surface area contributed by atoms with Gasteiger partial charge in [0.2, 0.25) is 5.91 Å². The maximum atomic E-state index is 13.4. The van der Waals surface area contributed by atoms with Crippen LogP contribution < -0.4 is 11.1 Å². The van der Waals surface area contributed by atoms with Crippen LogP contribution in [0.4, 0.5) is 14.5 Å². The Bertz CT molecular complexity index is 451. The van der Waals surface area contributed by atoms with E-state index in [1.807, 2.05) is 0 Å². The fraction of sp³-hybridized carbons (Fsp3) is 0.462. The van der Waals surface area contributed by atoms with Crippen molar-refractivity contribution in [1.82, 2.24) is 0 Å². The van der Waals surface area contributed by atoms with Gasteiger partial charge in [0.25, 0.3) is 0 Å². The third kappa shape index (κ3) is 3.04. The van der Waals surface area contributed by atoms with Crippen molar-refractivity contribution >= 4 is 11.6 Å². The van der Waals surface area contributed by atoms with Crippen LogP contribution in [0, 0.1) is 17.6 Å². The Hall–Kier alpha value is -1.49. The second-order valence-corrected chi connectivity index (χ2v) is 4.74. The van der Waals surface area contributed by atoms with Crippen LogP contribution in [-0.4, -0.2) is 11.9 Å². The van der Waals surface area contributed by atoms with E-state index in [1.165, 1.54) is 0 Å². The number of benzene rings is 1. The first-order chi connectivity index (χ1) is 8.56. The molecule has 0 spiro atoms. The summed E-state index contributed by atoms with van der Waals surface area (Å²) in [6.45, 7) is 0. The molecule has 0 saturated heterocycles. The molecule has 1 saturated carbocycles. The normalized spacial score (nSPS) is 23.7. The summed E-state index contributed by atoms with van der Waals surface area (Å²) >= 11 is 0. The van der Waals surface area contributed by atoms with Gasteiger partial charge in [-0.2, -0.15) is 0 Å². The number of hydrogen-bond donors (Lipinski definition) is 2. The van der Waals surface area contributed by atoms with Crippen LogP contribution in [0.5, 0.6) is 0 Å². The molecular formula is C13H16F2N2O. The van der Waals surface area contributed by atoms with Gasteiger partial charge in [0.05, 0.1) is 5.69 Å². The lowest BCUT2D eigenvalue weighted by Crippen LogP contribution is -2.34. The third-order valence-corrected chi connectivity index (χ3v) is 3.27. The first kappa shape index (κ1) is 13.0. The molecule has 1 aromatic carbocycles. The maximum Gasteiger partial charge on any atom is 0.227 e. The molecule has 1 fully saturated rings. The average molecular weight is 254 g/mol. The van der Waals surface area contributed by atoms with Crippen molar-refractivity contribution in [1.29, 1.82) is 0 Å². The summed E-state index contributed by atoms with van der Waals surface area (Å²) in [5, 5.41) is 2.43. The van der Waals surface area contributed by atoms with Crippen LogP contribution in [0.2, 0.25) is 0 Å². The fourth-order valence-corrected chi connectivity index (χ4v) is 2.29. The quantitative estimate of drug-likeness (QED) is 0.851. The number of carbonyl (C=O) groups is 1. The van der Waals surface area contributed by atoms with Gasteiger partial charge < -0.3 is 11.1 Å². The Kier molecular flexibility index (Phi) is 3.91. The van der Waals surface area contributed by atoms with Crippen molar-refractivity contribution < 1.29 is 13.6 Å². The molecule has 2 atom stereocenters. The van der Waals surface area contributed by atoms with Crippen molar-refractivity contribution in [2.45, 2.75) is 31.7 Å². The molecule has 1 amide bonds. The molecule has 0 heterocycles. The molecular weight excluding hydrogens is 238 g/mol. The van der Waals surface area contributed by atoms with Gasteiger partial charge in [0, 0.05) is 18.0 Å². The van der Waals surface area contributed by atoms with E-state index in [1.54, 1.807) is 0 Å². The van der Waals surface area contributed by atoms with Crippen LogP contribution in [-0.2, 0) is 4.79 Å². The van der Waals surface area contributed by atoms with Gasteiger partial charge in [-0.1, -0.05) is 6.42 Å². The van der Waals surface area contributed by atoms with Crippen LogP contribution in [0.15, 0.2) is 18.2 Å². The Labute approximate surface area is 104 Å². The lowest BCUT2D eigenvalue weighted by Gasteiger charge is -2.25. The lowest BCUT2D eigenvalue weighted by atomic mass is 9.85. The maximum absolute atomic E-state index is 13.4. The number of nitrogens with two attached hydrogens (primary N) is 1. The molecule has 0 aliphatic heterocycles. The number of anilines is 1. The van der Waals surface area contributed by atoms with Gasteiger partial charge in [0.1, 0.15) is 11.6 Å². The molecule has 98 valence electrons. The van der Waals surface area contributed by atoms with Crippen LogP contribution >= 0.6 is 0 Å². The minimum atomic E-state index is -0.634. The van der Waals surface area contributed by atoms with E-state index >= 15 is 0 Å². The van der Waals surface area contributed by atoms with Gasteiger partial charge >= 0.3 is 0 Å². The Balaban J connectivity index is 2.04. The minimum absolute atomic E-state index is 0.0202. The minimum Gasteiger partial charge on any atom is -0.328 e. The van der Waals surface area contributed by atoms with Gasteiger partial charge in [-0.25, -0.2) is 8.78 Å². The third-order valence-electron chi connectivity index (χ3n) is 3.27. The average Bonchev–Trinajstić information content (AvgIpc) is 2.34. The van der Waals surface area contributed by atoms with E-state index in [0.717, 1.165) is 37.5 Å². The van der Waals surface area contributed by atoms with E-state index in [9.17, 15) is 13.6 Å². The van der Waals surface area contributed by atoms with Gasteiger partial charge in [0.15, 0.2) is 0 Å². The molecule has 5 heteroatoms. The van der Waals surface area contributed by atoms with Crippen LogP contribution in [0.3, 0.4) is 0 Å². The molecule has 0 bridgehead atoms. The van der Waals surface area contributed by atoms with Gasteiger partial charge in [-0.15, -0.1) is 0 Å². The van der Waals surface area contributed by atoms with Crippen molar-refractivity contribution in [3.05, 3.63) is 29.8 Å². The first-order valence-electron chi connectivity index (χ1n) is 6.08. The van der Waals surface area contributed by atoms with Crippen LogP contribution in [0.25, 0.3) is 0 Å². The van der Waals surface area contributed by atoms with Crippen LogP contribution in [0.1, 0.15) is 25.7 Å². The van der Waals surface area contributed by atoms with Crippen molar-refractivity contribution in [2.75, 3.05) is 5.32 Å². The molecule has 3 N–H and O–H groups in total. The summed E-state index contributed by atoms with van der Waals surface area (Å²) in [7, 11) is 0. The Morgan fingerprint density at radius 2 is 2.11 bits per heavy atom. The molecule has 1 aliphatic rings. The fourth-order valence-electron chi connectivity index (χ4n) is 2.29. The summed E-state index contributed by atoms with van der Waals surface area (Å²) in [5.41, 5.74) is 5.68. The number of amides is 1. The molecule has 18 heavy (non-hydrogen) atoms. The molecule has 2 rings (SSSR count). The lowest BCUT2D eigenvalue weighted by molar-refractivity contribution is -0.120. The number of carbonyl (C=O) groups excluding carboxylic acids is 1. The topological polar surface area (TPSA) is 55.1 Å². The number of rotatable bonds is 2. The second kappa shape index (κ2) is 5.44. The molecule has 1 aromatic rings. The zero-order chi connectivity index (χ0) is 13.1. The molecule has 0 aromatic heterocycles. The summed E-state index contributed by atoms with van der Waals surface area (Å²) in [6.07, 6.45) is 3.15. The number of halogens is 2. The van der Waals surface area contributed by atoms with Crippen molar-refractivity contribution in [2.24, 2.45) is 11.7 Å². The zero-order valence-electron chi connectivity index (χ0n) is 9.96.